The van der Waals surface area contributed by atoms with Gasteiger partial charge in [0.25, 0.3) is 5.91 Å². The van der Waals surface area contributed by atoms with Crippen LogP contribution in [0.25, 0.3) is 0 Å². The Hall–Kier alpha value is -2.68. The lowest BCUT2D eigenvalue weighted by Gasteiger charge is -2.37. The van der Waals surface area contributed by atoms with E-state index < -0.39 is 11.7 Å². The Bertz CT molecular complexity index is 962. The number of nitrogens with zero attached hydrogens (tertiary/aromatic N) is 4. The molecule has 1 amide bonds. The van der Waals surface area contributed by atoms with Crippen molar-refractivity contribution in [3.05, 3.63) is 53.5 Å². The molecule has 0 N–H and O–H groups in total. The Morgan fingerprint density at radius 1 is 1.10 bits per heavy atom. The van der Waals surface area contributed by atoms with E-state index in [1.165, 1.54) is 25.0 Å². The van der Waals surface area contributed by atoms with Crippen molar-refractivity contribution in [3.8, 4) is 5.88 Å². The van der Waals surface area contributed by atoms with E-state index in [-0.39, 0.29) is 23.6 Å². The quantitative estimate of drug-likeness (QED) is 0.742. The van der Waals surface area contributed by atoms with Crippen molar-refractivity contribution >= 4 is 5.91 Å². The molecule has 3 heterocycles. The highest BCUT2D eigenvalue weighted by atomic mass is 19.4. The number of halogens is 3. The van der Waals surface area contributed by atoms with Crippen LogP contribution in [0.3, 0.4) is 0 Å². The van der Waals surface area contributed by atoms with Crippen LogP contribution < -0.4 is 4.74 Å². The number of ether oxygens (including phenoxy) is 1. The first-order valence-electron chi connectivity index (χ1n) is 10.6. The van der Waals surface area contributed by atoms with Crippen LogP contribution >= 0.6 is 0 Å². The minimum absolute atomic E-state index is 0.0466. The Morgan fingerprint density at radius 3 is 2.65 bits per heavy atom. The second-order valence-electron chi connectivity index (χ2n) is 8.51. The molecule has 1 aromatic heterocycles. The first-order valence-corrected chi connectivity index (χ1v) is 10.6. The molecule has 0 bridgehead atoms. The second-order valence-corrected chi connectivity index (χ2v) is 8.51. The molecule has 3 aliphatic rings. The SMILES string of the molecule is O=C(c1cccc(C(F)(F)F)c1)N1CCN2CC(Oc3cnc(C4CC4)cn3)CC2C1. The van der Waals surface area contributed by atoms with Crippen LogP contribution in [0.1, 0.15) is 46.8 Å². The van der Waals surface area contributed by atoms with E-state index in [4.69, 9.17) is 4.74 Å². The normalized spacial score (nSPS) is 24.2. The summed E-state index contributed by atoms with van der Waals surface area (Å²) in [7, 11) is 0. The van der Waals surface area contributed by atoms with E-state index >= 15 is 0 Å². The number of alkyl halides is 3. The fourth-order valence-electron chi connectivity index (χ4n) is 4.43. The van der Waals surface area contributed by atoms with E-state index in [0.29, 0.717) is 31.4 Å². The van der Waals surface area contributed by atoms with Gasteiger partial charge < -0.3 is 9.64 Å². The third-order valence-electron chi connectivity index (χ3n) is 6.23. The minimum Gasteiger partial charge on any atom is -0.472 e. The highest BCUT2D eigenvalue weighted by Crippen LogP contribution is 2.38. The predicted octanol–water partition coefficient (Wildman–Crippen LogP) is 3.35. The molecule has 1 aliphatic carbocycles. The standard InChI is InChI=1S/C22H23F3N4O2/c23-22(24,25)16-3-1-2-15(8-16)21(30)29-7-6-28-13-18(9-17(28)12-29)31-20-11-26-19(10-27-20)14-4-5-14/h1-3,8,10-11,14,17-18H,4-7,9,12-13H2. The topological polar surface area (TPSA) is 58.6 Å². The number of benzene rings is 1. The molecule has 3 fully saturated rings. The van der Waals surface area contributed by atoms with E-state index in [1.807, 2.05) is 0 Å². The Balaban J connectivity index is 1.20. The van der Waals surface area contributed by atoms with Gasteiger partial charge in [-0.3, -0.25) is 14.7 Å². The highest BCUT2D eigenvalue weighted by Gasteiger charge is 2.39. The van der Waals surface area contributed by atoms with Gasteiger partial charge in [0.2, 0.25) is 5.88 Å². The zero-order valence-electron chi connectivity index (χ0n) is 16.9. The van der Waals surface area contributed by atoms with Crippen molar-refractivity contribution in [1.29, 1.82) is 0 Å². The summed E-state index contributed by atoms with van der Waals surface area (Å²) in [6, 6.07) is 4.75. The Labute approximate surface area is 178 Å². The fraction of sp³-hybridized carbons (Fsp3) is 0.500. The second kappa shape index (κ2) is 7.78. The molecule has 164 valence electrons. The summed E-state index contributed by atoms with van der Waals surface area (Å²) in [6.07, 6.45) is 2.02. The van der Waals surface area contributed by atoms with E-state index in [0.717, 1.165) is 30.8 Å². The van der Waals surface area contributed by atoms with Gasteiger partial charge in [-0.15, -0.1) is 0 Å². The first kappa shape index (κ1) is 20.2. The average molecular weight is 432 g/mol. The van der Waals surface area contributed by atoms with Crippen molar-refractivity contribution in [1.82, 2.24) is 19.8 Å². The van der Waals surface area contributed by atoms with E-state index in [9.17, 15) is 18.0 Å². The van der Waals surface area contributed by atoms with Crippen LogP contribution in [0.4, 0.5) is 13.2 Å². The van der Waals surface area contributed by atoms with Crippen LogP contribution in [-0.2, 0) is 6.18 Å². The number of carbonyl (C=O) groups excluding carboxylic acids is 1. The van der Waals surface area contributed by atoms with Crippen LogP contribution in [0.15, 0.2) is 36.7 Å². The maximum atomic E-state index is 13.0. The van der Waals surface area contributed by atoms with Crippen molar-refractivity contribution in [2.24, 2.45) is 0 Å². The summed E-state index contributed by atoms with van der Waals surface area (Å²) in [6.45, 7) is 2.36. The monoisotopic (exact) mass is 432 g/mol. The molecule has 5 rings (SSSR count). The van der Waals surface area contributed by atoms with Gasteiger partial charge in [-0.05, 0) is 31.0 Å². The molecule has 2 aromatic rings. The minimum atomic E-state index is -4.47. The molecule has 0 radical (unpaired) electrons. The number of piperazine rings is 1. The lowest BCUT2D eigenvalue weighted by atomic mass is 10.1. The molecule has 31 heavy (non-hydrogen) atoms. The molecule has 9 heteroatoms. The summed E-state index contributed by atoms with van der Waals surface area (Å²) in [4.78, 5) is 25.5. The number of fused-ring (bicyclic) bond motifs is 1. The van der Waals surface area contributed by atoms with E-state index in [2.05, 4.69) is 14.9 Å². The predicted molar refractivity (Wildman–Crippen MR) is 106 cm³/mol. The number of hydrogen-bond acceptors (Lipinski definition) is 5. The highest BCUT2D eigenvalue weighted by molar-refractivity contribution is 5.94. The molecule has 2 saturated heterocycles. The number of rotatable bonds is 4. The largest absolute Gasteiger partial charge is 0.472 e. The number of hydrogen-bond donors (Lipinski definition) is 0. The average Bonchev–Trinajstić information content (AvgIpc) is 3.53. The Kier molecular flexibility index (Phi) is 5.08. The van der Waals surface area contributed by atoms with Crippen molar-refractivity contribution in [2.75, 3.05) is 26.2 Å². The Morgan fingerprint density at radius 2 is 1.94 bits per heavy atom. The van der Waals surface area contributed by atoms with Crippen molar-refractivity contribution in [3.63, 3.8) is 0 Å². The molecular formula is C22H23F3N4O2. The van der Waals surface area contributed by atoms with Gasteiger partial charge in [0.05, 0.1) is 23.7 Å². The zero-order chi connectivity index (χ0) is 21.6. The van der Waals surface area contributed by atoms with Gasteiger partial charge in [0, 0.05) is 50.1 Å². The molecule has 2 unspecified atom stereocenters. The van der Waals surface area contributed by atoms with Crippen molar-refractivity contribution in [2.45, 2.75) is 43.5 Å². The first-order chi connectivity index (χ1) is 14.9. The van der Waals surface area contributed by atoms with Gasteiger partial charge in [0.15, 0.2) is 0 Å². The van der Waals surface area contributed by atoms with Gasteiger partial charge in [0.1, 0.15) is 6.10 Å². The van der Waals surface area contributed by atoms with Crippen LogP contribution in [-0.4, -0.2) is 64.0 Å². The van der Waals surface area contributed by atoms with Gasteiger partial charge >= 0.3 is 6.18 Å². The lowest BCUT2D eigenvalue weighted by molar-refractivity contribution is -0.137. The summed E-state index contributed by atoms with van der Waals surface area (Å²) >= 11 is 0. The summed E-state index contributed by atoms with van der Waals surface area (Å²) in [5.74, 6) is 0.685. The van der Waals surface area contributed by atoms with E-state index in [1.54, 1.807) is 17.3 Å². The maximum Gasteiger partial charge on any atom is 0.416 e. The van der Waals surface area contributed by atoms with Crippen LogP contribution in [0.5, 0.6) is 5.88 Å². The fourth-order valence-corrected chi connectivity index (χ4v) is 4.43. The molecule has 1 saturated carbocycles. The van der Waals surface area contributed by atoms with Gasteiger partial charge in [-0.1, -0.05) is 6.07 Å². The number of carbonyl (C=O) groups is 1. The molecule has 2 aliphatic heterocycles. The van der Waals surface area contributed by atoms with Crippen LogP contribution in [0.2, 0.25) is 0 Å². The molecular weight excluding hydrogens is 409 g/mol. The number of amides is 1. The zero-order valence-corrected chi connectivity index (χ0v) is 16.9. The molecule has 2 atom stereocenters. The summed E-state index contributed by atoms with van der Waals surface area (Å²) < 4.78 is 45.0. The molecule has 1 aromatic carbocycles. The number of aromatic nitrogens is 2. The van der Waals surface area contributed by atoms with Crippen LogP contribution in [0, 0.1) is 0 Å². The summed E-state index contributed by atoms with van der Waals surface area (Å²) in [5.41, 5.74) is 0.278. The van der Waals surface area contributed by atoms with Gasteiger partial charge in [-0.2, -0.15) is 13.2 Å². The summed E-state index contributed by atoms with van der Waals surface area (Å²) in [5, 5.41) is 0. The molecule has 6 nitrogen and oxygen atoms in total. The third kappa shape index (κ3) is 4.37. The maximum absolute atomic E-state index is 13.0. The smallest absolute Gasteiger partial charge is 0.416 e. The third-order valence-corrected chi connectivity index (χ3v) is 6.23. The van der Waals surface area contributed by atoms with Crippen molar-refractivity contribution < 1.29 is 22.7 Å². The van der Waals surface area contributed by atoms with Gasteiger partial charge in [-0.25, -0.2) is 4.98 Å². The lowest BCUT2D eigenvalue weighted by Crippen LogP contribution is -2.52. The molecule has 0 spiro atoms.